The van der Waals surface area contributed by atoms with Crippen molar-refractivity contribution in [2.24, 2.45) is 0 Å². The Bertz CT molecular complexity index is 1140. The van der Waals surface area contributed by atoms with Crippen molar-refractivity contribution in [1.82, 2.24) is 9.55 Å². The molecule has 1 aromatic heterocycles. The highest BCUT2D eigenvalue weighted by Gasteiger charge is 2.31. The number of imidazole rings is 1. The van der Waals surface area contributed by atoms with Gasteiger partial charge in [-0.15, -0.1) is 13.2 Å². The van der Waals surface area contributed by atoms with Crippen molar-refractivity contribution in [3.63, 3.8) is 0 Å². The van der Waals surface area contributed by atoms with E-state index in [0.717, 1.165) is 42.9 Å². The number of anilines is 1. The minimum absolute atomic E-state index is 0.110. The van der Waals surface area contributed by atoms with E-state index < -0.39 is 18.1 Å². The lowest BCUT2D eigenvalue weighted by Crippen LogP contribution is -2.36. The number of aromatic nitrogens is 2. The number of aryl methyl sites for hydroxylation is 2. The quantitative estimate of drug-likeness (QED) is 0.401. The molecule has 0 saturated carbocycles. The molecule has 1 amide bonds. The Morgan fingerprint density at radius 2 is 1.71 bits per heavy atom. The summed E-state index contributed by atoms with van der Waals surface area (Å²) in [4.78, 5) is 19.2. The maximum Gasteiger partial charge on any atom is 0.573 e. The molecule has 3 aromatic rings. The van der Waals surface area contributed by atoms with Crippen LogP contribution in [0.2, 0.25) is 0 Å². The third-order valence-electron chi connectivity index (χ3n) is 5.49. The summed E-state index contributed by atoms with van der Waals surface area (Å²) in [5.74, 6) is 0.765. The van der Waals surface area contributed by atoms with Crippen molar-refractivity contribution in [2.75, 3.05) is 4.90 Å². The van der Waals surface area contributed by atoms with Gasteiger partial charge in [0.2, 0.25) is 0 Å². The lowest BCUT2D eigenvalue weighted by Gasteiger charge is -2.27. The van der Waals surface area contributed by atoms with Crippen LogP contribution in [0.15, 0.2) is 54.7 Å². The number of benzene rings is 2. The number of nitrogens with zero attached hydrogens (tertiary/aromatic N) is 3. The number of carbonyl (C=O) groups excluding carboxylic acids is 1. The molecule has 0 saturated heterocycles. The third kappa shape index (κ3) is 6.55. The van der Waals surface area contributed by atoms with E-state index in [9.17, 15) is 18.0 Å². The first kappa shape index (κ1) is 24.6. The predicted molar refractivity (Wildman–Crippen MR) is 126 cm³/mol. The van der Waals surface area contributed by atoms with Crippen LogP contribution >= 0.6 is 0 Å². The fourth-order valence-corrected chi connectivity index (χ4v) is 3.92. The van der Waals surface area contributed by atoms with Gasteiger partial charge in [0, 0.05) is 30.4 Å². The molecule has 1 aliphatic rings. The Morgan fingerprint density at radius 1 is 1.03 bits per heavy atom. The molecule has 0 spiro atoms. The summed E-state index contributed by atoms with van der Waals surface area (Å²) in [7, 11) is 0. The molecule has 0 fully saturated rings. The first-order valence-electron chi connectivity index (χ1n) is 11.5. The van der Waals surface area contributed by atoms with Gasteiger partial charge in [-0.3, -0.25) is 4.90 Å². The number of hydrogen-bond donors (Lipinski definition) is 0. The molecule has 0 radical (unpaired) electrons. The number of hydrogen-bond acceptors (Lipinski definition) is 4. The maximum atomic E-state index is 13.0. The molecule has 0 atom stereocenters. The smallest absolute Gasteiger partial charge is 0.443 e. The van der Waals surface area contributed by atoms with E-state index in [0.29, 0.717) is 11.3 Å². The van der Waals surface area contributed by atoms with E-state index in [2.05, 4.69) is 15.5 Å². The fraction of sp³-hybridized carbons (Fsp3) is 0.385. The standard InChI is InChI=1S/C26H28F3N3O3/c1-25(2,3)35-24(33)32(16-18-7-13-21(14-8-18)34-26(27,28)29)20-11-9-19(10-12-20)22-17-31-15-5-4-6-23(31)30-22/h7-14,17H,4-6,15-16H2,1-3H3. The Labute approximate surface area is 202 Å². The highest BCUT2D eigenvalue weighted by atomic mass is 19.4. The summed E-state index contributed by atoms with van der Waals surface area (Å²) >= 11 is 0. The van der Waals surface area contributed by atoms with Gasteiger partial charge in [0.1, 0.15) is 17.2 Å². The first-order chi connectivity index (χ1) is 16.5. The zero-order valence-corrected chi connectivity index (χ0v) is 19.9. The van der Waals surface area contributed by atoms with Crippen molar-refractivity contribution in [2.45, 2.75) is 65.1 Å². The molecule has 0 N–H and O–H groups in total. The minimum Gasteiger partial charge on any atom is -0.443 e. The number of alkyl halides is 3. The summed E-state index contributed by atoms with van der Waals surface area (Å²) in [6.45, 7) is 6.40. The average molecular weight is 488 g/mol. The molecule has 9 heteroatoms. The second-order valence-corrected chi connectivity index (χ2v) is 9.50. The third-order valence-corrected chi connectivity index (χ3v) is 5.49. The molecule has 2 heterocycles. The van der Waals surface area contributed by atoms with E-state index in [1.54, 1.807) is 20.8 Å². The van der Waals surface area contributed by atoms with E-state index in [1.807, 2.05) is 24.3 Å². The number of rotatable bonds is 5. The van der Waals surface area contributed by atoms with Gasteiger partial charge in [0.15, 0.2) is 0 Å². The molecule has 6 nitrogen and oxygen atoms in total. The zero-order valence-electron chi connectivity index (χ0n) is 19.9. The number of carbonyl (C=O) groups is 1. The molecule has 0 aliphatic carbocycles. The van der Waals surface area contributed by atoms with Crippen LogP contribution in [-0.2, 0) is 24.2 Å². The van der Waals surface area contributed by atoms with E-state index in [4.69, 9.17) is 9.72 Å². The van der Waals surface area contributed by atoms with Crippen LogP contribution in [0.1, 0.15) is 45.0 Å². The highest BCUT2D eigenvalue weighted by molar-refractivity contribution is 5.88. The van der Waals surface area contributed by atoms with Gasteiger partial charge in [0.25, 0.3) is 0 Å². The number of ether oxygens (including phenoxy) is 2. The Hall–Kier alpha value is -3.49. The zero-order chi connectivity index (χ0) is 25.2. The Morgan fingerprint density at radius 3 is 2.31 bits per heavy atom. The summed E-state index contributed by atoms with van der Waals surface area (Å²) < 4.78 is 49.1. The van der Waals surface area contributed by atoms with E-state index in [1.165, 1.54) is 29.2 Å². The topological polar surface area (TPSA) is 56.6 Å². The largest absolute Gasteiger partial charge is 0.573 e. The molecule has 186 valence electrons. The Kier molecular flexibility index (Phi) is 6.78. The van der Waals surface area contributed by atoms with E-state index >= 15 is 0 Å². The van der Waals surface area contributed by atoms with Gasteiger partial charge < -0.3 is 14.0 Å². The molecule has 0 bridgehead atoms. The van der Waals surface area contributed by atoms with Crippen molar-refractivity contribution in [3.8, 4) is 17.0 Å². The molecular formula is C26H28F3N3O3. The summed E-state index contributed by atoms with van der Waals surface area (Å²) in [5.41, 5.74) is 2.33. The predicted octanol–water partition coefficient (Wildman–Crippen LogP) is 6.73. The maximum absolute atomic E-state index is 13.0. The van der Waals surface area contributed by atoms with Crippen LogP contribution in [-0.4, -0.2) is 27.6 Å². The van der Waals surface area contributed by atoms with Gasteiger partial charge in [-0.2, -0.15) is 0 Å². The van der Waals surface area contributed by atoms with Crippen LogP contribution in [0, 0.1) is 0 Å². The van der Waals surface area contributed by atoms with Crippen molar-refractivity contribution >= 4 is 11.8 Å². The molecular weight excluding hydrogens is 459 g/mol. The van der Waals surface area contributed by atoms with Crippen molar-refractivity contribution in [3.05, 3.63) is 66.1 Å². The number of amides is 1. The second kappa shape index (κ2) is 9.64. The van der Waals surface area contributed by atoms with Gasteiger partial charge in [-0.05, 0) is 63.4 Å². The average Bonchev–Trinajstić information content (AvgIpc) is 3.21. The fourth-order valence-electron chi connectivity index (χ4n) is 3.92. The molecule has 0 unspecified atom stereocenters. The molecule has 1 aliphatic heterocycles. The SMILES string of the molecule is CC(C)(C)OC(=O)N(Cc1ccc(OC(F)(F)F)cc1)c1ccc(-c2cn3c(n2)CCCC3)cc1. The second-order valence-electron chi connectivity index (χ2n) is 9.50. The summed E-state index contributed by atoms with van der Waals surface area (Å²) in [6.07, 6.45) is -0.00491. The number of fused-ring (bicyclic) bond motifs is 1. The molecule has 35 heavy (non-hydrogen) atoms. The monoisotopic (exact) mass is 487 g/mol. The Balaban J connectivity index is 1.56. The highest BCUT2D eigenvalue weighted by Crippen LogP contribution is 2.28. The summed E-state index contributed by atoms with van der Waals surface area (Å²) in [6, 6.07) is 12.9. The van der Waals surface area contributed by atoms with Crippen LogP contribution in [0.4, 0.5) is 23.7 Å². The van der Waals surface area contributed by atoms with Gasteiger partial charge >= 0.3 is 12.5 Å². The van der Waals surface area contributed by atoms with Crippen LogP contribution in [0.25, 0.3) is 11.3 Å². The van der Waals surface area contributed by atoms with Gasteiger partial charge in [-0.1, -0.05) is 24.3 Å². The van der Waals surface area contributed by atoms with Crippen LogP contribution in [0.5, 0.6) is 5.75 Å². The normalized spacial score (nSPS) is 13.8. The van der Waals surface area contributed by atoms with Crippen LogP contribution < -0.4 is 9.64 Å². The van der Waals surface area contributed by atoms with Crippen LogP contribution in [0.3, 0.4) is 0 Å². The first-order valence-corrected chi connectivity index (χ1v) is 11.5. The van der Waals surface area contributed by atoms with Gasteiger partial charge in [-0.25, -0.2) is 9.78 Å². The molecule has 4 rings (SSSR count). The van der Waals surface area contributed by atoms with Crippen molar-refractivity contribution in [1.29, 1.82) is 0 Å². The summed E-state index contributed by atoms with van der Waals surface area (Å²) in [5, 5.41) is 0. The van der Waals surface area contributed by atoms with E-state index in [-0.39, 0.29) is 12.3 Å². The molecule has 2 aromatic carbocycles. The van der Waals surface area contributed by atoms with Crippen molar-refractivity contribution < 1.29 is 27.4 Å². The number of halogens is 3. The lowest BCUT2D eigenvalue weighted by molar-refractivity contribution is -0.274. The minimum atomic E-state index is -4.76. The van der Waals surface area contributed by atoms with Gasteiger partial charge in [0.05, 0.1) is 12.2 Å². The lowest BCUT2D eigenvalue weighted by atomic mass is 10.1.